The summed E-state index contributed by atoms with van der Waals surface area (Å²) in [5.74, 6) is -2.85. The molecular weight excluding hydrogens is 211 g/mol. The van der Waals surface area contributed by atoms with Crippen molar-refractivity contribution in [2.45, 2.75) is 11.9 Å². The number of alkyl halides is 1. The summed E-state index contributed by atoms with van der Waals surface area (Å²) in [6, 6.07) is -0.941. The Morgan fingerprint density at radius 2 is 2.07 bits per heavy atom. The lowest BCUT2D eigenvalue weighted by atomic mass is 10.0. The Balaban J connectivity index is 3.06. The predicted octanol–water partition coefficient (Wildman–Crippen LogP) is -1.32. The topological polar surface area (TPSA) is 93.7 Å². The van der Waals surface area contributed by atoms with Gasteiger partial charge in [-0.2, -0.15) is 0 Å². The number of halogens is 1. The van der Waals surface area contributed by atoms with Gasteiger partial charge in [0.05, 0.1) is 7.11 Å². The molecular formula is C7H9FN2O5. The van der Waals surface area contributed by atoms with E-state index < -0.39 is 29.8 Å². The molecule has 1 fully saturated rings. The third kappa shape index (κ3) is 1.63. The first kappa shape index (κ1) is 11.4. The minimum atomic E-state index is -3.07. The third-order valence-electron chi connectivity index (χ3n) is 1.90. The van der Waals surface area contributed by atoms with E-state index in [1.54, 1.807) is 5.32 Å². The number of hydrogen-bond acceptors (Lipinski definition) is 5. The Hall–Kier alpha value is -1.70. The van der Waals surface area contributed by atoms with Crippen molar-refractivity contribution in [3.63, 3.8) is 0 Å². The maximum atomic E-state index is 14.0. The van der Waals surface area contributed by atoms with Crippen LogP contribution in [0.3, 0.4) is 0 Å². The van der Waals surface area contributed by atoms with Crippen molar-refractivity contribution in [3.8, 4) is 0 Å². The van der Waals surface area contributed by atoms with Gasteiger partial charge in [0, 0.05) is 7.11 Å². The van der Waals surface area contributed by atoms with Crippen molar-refractivity contribution < 1.29 is 28.2 Å². The molecule has 2 atom stereocenters. The van der Waals surface area contributed by atoms with Gasteiger partial charge in [-0.15, -0.1) is 0 Å². The number of urea groups is 1. The quantitative estimate of drug-likeness (QED) is 0.444. The molecule has 1 saturated heterocycles. The largest absolute Gasteiger partial charge is 0.466 e. The van der Waals surface area contributed by atoms with Crippen molar-refractivity contribution in [3.05, 3.63) is 0 Å². The molecule has 84 valence electrons. The van der Waals surface area contributed by atoms with Gasteiger partial charge in [0.15, 0.2) is 6.23 Å². The van der Waals surface area contributed by atoms with Gasteiger partial charge in [-0.3, -0.25) is 10.1 Å². The summed E-state index contributed by atoms with van der Waals surface area (Å²) in [4.78, 5) is 33.1. The summed E-state index contributed by atoms with van der Waals surface area (Å²) in [7, 11) is 1.96. The molecule has 3 amide bonds. The monoisotopic (exact) mass is 220 g/mol. The van der Waals surface area contributed by atoms with Crippen LogP contribution < -0.4 is 10.6 Å². The van der Waals surface area contributed by atoms with Crippen molar-refractivity contribution in [1.82, 2.24) is 10.6 Å². The summed E-state index contributed by atoms with van der Waals surface area (Å²) in [6.45, 7) is 0. The Kier molecular flexibility index (Phi) is 2.89. The van der Waals surface area contributed by atoms with Gasteiger partial charge in [0.25, 0.3) is 5.91 Å². The number of hydrogen-bond donors (Lipinski definition) is 2. The Bertz CT molecular complexity index is 321. The average Bonchev–Trinajstić information content (AvgIpc) is 2.21. The van der Waals surface area contributed by atoms with E-state index in [1.807, 2.05) is 5.32 Å². The number of carbonyl (C=O) groups is 3. The van der Waals surface area contributed by atoms with Crippen LogP contribution in [0.4, 0.5) is 9.18 Å². The van der Waals surface area contributed by atoms with Crippen LogP contribution in [0.2, 0.25) is 0 Å². The van der Waals surface area contributed by atoms with Gasteiger partial charge in [0.1, 0.15) is 0 Å². The molecule has 1 heterocycles. The molecule has 0 bridgehead atoms. The van der Waals surface area contributed by atoms with Crippen LogP contribution in [0, 0.1) is 0 Å². The van der Waals surface area contributed by atoms with Crippen LogP contribution in [0.5, 0.6) is 0 Å². The highest BCUT2D eigenvalue weighted by Gasteiger charge is 2.59. The minimum absolute atomic E-state index is 0.917. The lowest BCUT2D eigenvalue weighted by Gasteiger charge is -2.32. The fourth-order valence-corrected chi connectivity index (χ4v) is 1.14. The maximum Gasteiger partial charge on any atom is 0.358 e. The molecule has 7 nitrogen and oxygen atoms in total. The second-order valence-corrected chi connectivity index (χ2v) is 2.75. The highest BCUT2D eigenvalue weighted by molar-refractivity contribution is 6.13. The Labute approximate surface area is 83.9 Å². The number of imide groups is 1. The van der Waals surface area contributed by atoms with Crippen molar-refractivity contribution in [2.75, 3.05) is 14.2 Å². The zero-order valence-electron chi connectivity index (χ0n) is 8.00. The lowest BCUT2D eigenvalue weighted by molar-refractivity contribution is -0.174. The third-order valence-corrected chi connectivity index (χ3v) is 1.90. The van der Waals surface area contributed by atoms with Gasteiger partial charge in [-0.1, -0.05) is 0 Å². The first-order valence-electron chi connectivity index (χ1n) is 3.89. The van der Waals surface area contributed by atoms with Gasteiger partial charge in [-0.05, 0) is 0 Å². The van der Waals surface area contributed by atoms with Crippen LogP contribution in [-0.2, 0) is 19.1 Å². The van der Waals surface area contributed by atoms with E-state index >= 15 is 0 Å². The number of esters is 1. The number of ether oxygens (including phenoxy) is 2. The number of amides is 3. The van der Waals surface area contributed by atoms with E-state index in [9.17, 15) is 18.8 Å². The first-order chi connectivity index (χ1) is 6.96. The van der Waals surface area contributed by atoms with Crippen LogP contribution in [0.25, 0.3) is 0 Å². The molecule has 0 aromatic rings. The number of carbonyl (C=O) groups excluding carboxylic acids is 3. The molecule has 1 rings (SSSR count). The summed E-state index contributed by atoms with van der Waals surface area (Å²) in [5.41, 5.74) is -3.07. The first-order valence-corrected chi connectivity index (χ1v) is 3.89. The van der Waals surface area contributed by atoms with Crippen molar-refractivity contribution >= 4 is 17.9 Å². The fourth-order valence-electron chi connectivity index (χ4n) is 1.14. The Morgan fingerprint density at radius 1 is 1.47 bits per heavy atom. The average molecular weight is 220 g/mol. The smallest absolute Gasteiger partial charge is 0.358 e. The number of nitrogens with one attached hydrogen (secondary N) is 2. The molecule has 1 aliphatic heterocycles. The second kappa shape index (κ2) is 3.81. The molecule has 0 aromatic heterocycles. The zero-order chi connectivity index (χ0) is 11.6. The van der Waals surface area contributed by atoms with Crippen LogP contribution >= 0.6 is 0 Å². The molecule has 0 spiro atoms. The molecule has 0 radical (unpaired) electrons. The molecule has 0 saturated carbocycles. The molecule has 2 N–H and O–H groups in total. The summed E-state index contributed by atoms with van der Waals surface area (Å²) >= 11 is 0. The minimum Gasteiger partial charge on any atom is -0.466 e. The highest BCUT2D eigenvalue weighted by Crippen LogP contribution is 2.22. The van der Waals surface area contributed by atoms with Crippen molar-refractivity contribution in [1.29, 1.82) is 0 Å². The van der Waals surface area contributed by atoms with Gasteiger partial charge in [-0.25, -0.2) is 14.0 Å². The van der Waals surface area contributed by atoms with Crippen LogP contribution in [0.1, 0.15) is 0 Å². The van der Waals surface area contributed by atoms with E-state index in [4.69, 9.17) is 0 Å². The predicted molar refractivity (Wildman–Crippen MR) is 43.3 cm³/mol. The molecule has 0 aliphatic carbocycles. The molecule has 8 heteroatoms. The van der Waals surface area contributed by atoms with Gasteiger partial charge < -0.3 is 14.8 Å². The molecule has 1 aliphatic rings. The summed E-state index contributed by atoms with van der Waals surface area (Å²) in [6.07, 6.45) is -1.70. The number of rotatable bonds is 2. The van der Waals surface area contributed by atoms with E-state index in [2.05, 4.69) is 9.47 Å². The lowest BCUT2D eigenvalue weighted by Crippen LogP contribution is -2.70. The van der Waals surface area contributed by atoms with Crippen LogP contribution in [0.15, 0.2) is 0 Å². The van der Waals surface area contributed by atoms with Gasteiger partial charge in [0.2, 0.25) is 0 Å². The zero-order valence-corrected chi connectivity index (χ0v) is 8.00. The maximum absolute atomic E-state index is 14.0. The molecule has 15 heavy (non-hydrogen) atoms. The molecule has 0 unspecified atom stereocenters. The van der Waals surface area contributed by atoms with E-state index in [-0.39, 0.29) is 0 Å². The van der Waals surface area contributed by atoms with Gasteiger partial charge >= 0.3 is 17.7 Å². The summed E-state index contributed by atoms with van der Waals surface area (Å²) < 4.78 is 22.6. The van der Waals surface area contributed by atoms with Crippen LogP contribution in [-0.4, -0.2) is 44.0 Å². The van der Waals surface area contributed by atoms with E-state index in [1.165, 1.54) is 0 Å². The summed E-state index contributed by atoms with van der Waals surface area (Å²) in [5, 5.41) is 3.54. The normalized spacial score (nSPS) is 30.5. The van der Waals surface area contributed by atoms with E-state index in [0.29, 0.717) is 0 Å². The highest BCUT2D eigenvalue weighted by atomic mass is 19.1. The number of methoxy groups -OCH3 is 2. The Morgan fingerprint density at radius 3 is 2.53 bits per heavy atom. The molecule has 0 aromatic carbocycles. The second-order valence-electron chi connectivity index (χ2n) is 2.75. The fraction of sp³-hybridized carbons (Fsp3) is 0.571. The standard InChI is InChI=1S/C7H9FN2O5/c1-14-4-7(8,5(12)15-2)3(11)9-6(13)10-4/h4H,1-2H3,(H2,9,10,11,13)/t4-,7-/m1/s1. The SMILES string of the molecule is COC(=O)[C@@]1(F)C(=O)NC(=O)N[C@@H]1OC. The van der Waals surface area contributed by atoms with Crippen molar-refractivity contribution in [2.24, 2.45) is 0 Å². The van der Waals surface area contributed by atoms with E-state index in [0.717, 1.165) is 14.2 Å².